The zero-order valence-electron chi connectivity index (χ0n) is 15.5. The lowest BCUT2D eigenvalue weighted by molar-refractivity contribution is -0.153. The number of aromatic nitrogens is 1. The first-order valence-electron chi connectivity index (χ1n) is 8.39. The Kier molecular flexibility index (Phi) is 7.77. The standard InChI is InChI=1S/C17H16F3N3O7S/c18-17(19,20)10-29-12-1-3-13(4-2-12)31(27,28)23-15(25)11-5-6-21-14(9-11)30-16(26)22-7-8-24/h1-6,9,24H,7-8,10H2,(H,22,26)(H,23,25). The van der Waals surface area contributed by atoms with Crippen LogP contribution >= 0.6 is 0 Å². The number of alkyl halides is 3. The summed E-state index contributed by atoms with van der Waals surface area (Å²) in [5.74, 6) is -1.58. The lowest BCUT2D eigenvalue weighted by atomic mass is 10.2. The number of rotatable bonds is 8. The van der Waals surface area contributed by atoms with Gasteiger partial charge < -0.3 is 19.9 Å². The zero-order chi connectivity index (χ0) is 23.1. The molecule has 0 atom stereocenters. The summed E-state index contributed by atoms with van der Waals surface area (Å²) in [5.41, 5.74) is -0.200. The Hall–Kier alpha value is -3.39. The summed E-state index contributed by atoms with van der Waals surface area (Å²) in [6, 6.07) is 6.12. The lowest BCUT2D eigenvalue weighted by Gasteiger charge is -2.11. The first kappa shape index (κ1) is 23.9. The molecule has 2 rings (SSSR count). The van der Waals surface area contributed by atoms with E-state index < -0.39 is 39.7 Å². The number of aliphatic hydroxyl groups excluding tert-OH is 1. The van der Waals surface area contributed by atoms with Gasteiger partial charge in [-0.25, -0.2) is 22.9 Å². The summed E-state index contributed by atoms with van der Waals surface area (Å²) in [5, 5.41) is 10.8. The Labute approximate surface area is 174 Å². The highest BCUT2D eigenvalue weighted by Crippen LogP contribution is 2.20. The van der Waals surface area contributed by atoms with Crippen molar-refractivity contribution in [2.24, 2.45) is 0 Å². The van der Waals surface area contributed by atoms with Crippen LogP contribution in [0.15, 0.2) is 47.5 Å². The number of ether oxygens (including phenoxy) is 2. The second-order valence-electron chi connectivity index (χ2n) is 5.73. The van der Waals surface area contributed by atoms with E-state index in [0.717, 1.165) is 42.6 Å². The van der Waals surface area contributed by atoms with Gasteiger partial charge in [-0.15, -0.1) is 0 Å². The normalized spacial score (nSPS) is 11.5. The van der Waals surface area contributed by atoms with Crippen LogP contribution in [0.3, 0.4) is 0 Å². The molecule has 1 aromatic carbocycles. The Morgan fingerprint density at radius 2 is 1.81 bits per heavy atom. The molecular weight excluding hydrogens is 447 g/mol. The highest BCUT2D eigenvalue weighted by Gasteiger charge is 2.28. The molecule has 0 saturated heterocycles. The Bertz CT molecular complexity index is 1030. The van der Waals surface area contributed by atoms with E-state index >= 15 is 0 Å². The van der Waals surface area contributed by atoms with Gasteiger partial charge in [0.2, 0.25) is 5.88 Å². The summed E-state index contributed by atoms with van der Waals surface area (Å²) >= 11 is 0. The van der Waals surface area contributed by atoms with Gasteiger partial charge in [0.15, 0.2) is 6.61 Å². The molecule has 31 heavy (non-hydrogen) atoms. The van der Waals surface area contributed by atoms with Crippen molar-refractivity contribution in [1.82, 2.24) is 15.0 Å². The molecule has 0 radical (unpaired) electrons. The predicted octanol–water partition coefficient (Wildman–Crippen LogP) is 1.22. The fourth-order valence-corrected chi connectivity index (χ4v) is 2.99. The first-order valence-corrected chi connectivity index (χ1v) is 9.88. The molecule has 1 heterocycles. The van der Waals surface area contributed by atoms with E-state index in [-0.39, 0.29) is 30.3 Å². The third-order valence-corrected chi connectivity index (χ3v) is 4.69. The predicted molar refractivity (Wildman–Crippen MR) is 98.0 cm³/mol. The Morgan fingerprint density at radius 1 is 1.13 bits per heavy atom. The van der Waals surface area contributed by atoms with Crippen molar-refractivity contribution in [1.29, 1.82) is 0 Å². The molecule has 0 bridgehead atoms. The van der Waals surface area contributed by atoms with Gasteiger partial charge in [-0.1, -0.05) is 0 Å². The first-order chi connectivity index (χ1) is 14.5. The van der Waals surface area contributed by atoms with E-state index in [2.05, 4.69) is 15.0 Å². The Morgan fingerprint density at radius 3 is 2.42 bits per heavy atom. The number of pyridine rings is 1. The van der Waals surface area contributed by atoms with Crippen molar-refractivity contribution in [2.45, 2.75) is 11.1 Å². The number of nitrogens with zero attached hydrogens (tertiary/aromatic N) is 1. The molecule has 0 aliphatic rings. The van der Waals surface area contributed by atoms with E-state index in [1.807, 2.05) is 0 Å². The number of amides is 2. The number of aliphatic hydroxyl groups is 1. The zero-order valence-corrected chi connectivity index (χ0v) is 16.4. The van der Waals surface area contributed by atoms with Crippen LogP contribution in [0.4, 0.5) is 18.0 Å². The van der Waals surface area contributed by atoms with Crippen LogP contribution in [0.5, 0.6) is 11.6 Å². The maximum Gasteiger partial charge on any atom is 0.422 e. The molecule has 2 aromatic rings. The molecule has 10 nitrogen and oxygen atoms in total. The topological polar surface area (TPSA) is 144 Å². The molecule has 0 aliphatic heterocycles. The number of sulfonamides is 1. The van der Waals surface area contributed by atoms with Gasteiger partial charge in [-0.2, -0.15) is 13.2 Å². The SMILES string of the molecule is O=C(NCCO)Oc1cc(C(=O)NS(=O)(=O)c2ccc(OCC(F)(F)F)cc2)ccn1. The summed E-state index contributed by atoms with van der Waals surface area (Å²) in [6.07, 6.45) is -4.39. The van der Waals surface area contributed by atoms with Crippen molar-refractivity contribution >= 4 is 22.0 Å². The molecule has 0 saturated carbocycles. The average Bonchev–Trinajstić information content (AvgIpc) is 2.70. The van der Waals surface area contributed by atoms with E-state index in [9.17, 15) is 31.2 Å². The van der Waals surface area contributed by atoms with Crippen molar-refractivity contribution in [3.63, 3.8) is 0 Å². The molecule has 0 fully saturated rings. The minimum Gasteiger partial charge on any atom is -0.484 e. The maximum atomic E-state index is 12.3. The quantitative estimate of drug-likeness (QED) is 0.530. The van der Waals surface area contributed by atoms with Gasteiger partial charge in [-0.05, 0) is 30.3 Å². The van der Waals surface area contributed by atoms with Crippen LogP contribution < -0.4 is 19.5 Å². The van der Waals surface area contributed by atoms with Gasteiger partial charge in [-0.3, -0.25) is 4.79 Å². The van der Waals surface area contributed by atoms with Gasteiger partial charge >= 0.3 is 12.3 Å². The van der Waals surface area contributed by atoms with Crippen LogP contribution in [0, 0.1) is 0 Å². The van der Waals surface area contributed by atoms with Crippen LogP contribution in [0.2, 0.25) is 0 Å². The highest BCUT2D eigenvalue weighted by atomic mass is 32.2. The lowest BCUT2D eigenvalue weighted by Crippen LogP contribution is -2.31. The fraction of sp³-hybridized carbons (Fsp3) is 0.235. The van der Waals surface area contributed by atoms with Gasteiger partial charge in [0.05, 0.1) is 11.5 Å². The van der Waals surface area contributed by atoms with Gasteiger partial charge in [0, 0.05) is 24.4 Å². The number of benzene rings is 1. The molecule has 0 spiro atoms. The largest absolute Gasteiger partial charge is 0.484 e. The van der Waals surface area contributed by atoms with E-state index in [1.165, 1.54) is 0 Å². The van der Waals surface area contributed by atoms with Crippen molar-refractivity contribution in [3.8, 4) is 11.6 Å². The maximum absolute atomic E-state index is 12.3. The number of carbonyl (C=O) groups is 2. The second-order valence-corrected chi connectivity index (χ2v) is 7.41. The van der Waals surface area contributed by atoms with Gasteiger partial charge in [0.1, 0.15) is 5.75 Å². The highest BCUT2D eigenvalue weighted by molar-refractivity contribution is 7.90. The van der Waals surface area contributed by atoms with E-state index in [4.69, 9.17) is 9.84 Å². The van der Waals surface area contributed by atoms with E-state index in [1.54, 1.807) is 4.72 Å². The molecular formula is C17H16F3N3O7S. The summed E-state index contributed by atoms with van der Waals surface area (Å²) in [4.78, 5) is 27.0. The number of hydrogen-bond donors (Lipinski definition) is 3. The Balaban J connectivity index is 2.05. The van der Waals surface area contributed by atoms with Crippen LogP contribution in [0.1, 0.15) is 10.4 Å². The molecule has 0 aliphatic carbocycles. The molecule has 0 unspecified atom stereocenters. The minimum absolute atomic E-state index is 0.0721. The van der Waals surface area contributed by atoms with Crippen molar-refractivity contribution in [2.75, 3.05) is 19.8 Å². The second kappa shape index (κ2) is 10.1. The average molecular weight is 463 g/mol. The molecule has 3 N–H and O–H groups in total. The number of nitrogens with one attached hydrogen (secondary N) is 2. The molecule has 1 aromatic heterocycles. The minimum atomic E-state index is -4.55. The van der Waals surface area contributed by atoms with Crippen molar-refractivity contribution in [3.05, 3.63) is 48.2 Å². The smallest absolute Gasteiger partial charge is 0.422 e. The fourth-order valence-electron chi connectivity index (χ4n) is 2.02. The molecule has 14 heteroatoms. The number of carbonyl (C=O) groups excluding carboxylic acids is 2. The third-order valence-electron chi connectivity index (χ3n) is 3.34. The number of halogens is 3. The summed E-state index contributed by atoms with van der Waals surface area (Å²) in [7, 11) is -4.36. The van der Waals surface area contributed by atoms with Crippen LogP contribution in [-0.2, 0) is 10.0 Å². The molecule has 168 valence electrons. The summed E-state index contributed by atoms with van der Waals surface area (Å²) < 4.78 is 72.2. The van der Waals surface area contributed by atoms with Gasteiger partial charge in [0.25, 0.3) is 15.9 Å². The monoisotopic (exact) mass is 463 g/mol. The third kappa shape index (κ3) is 7.75. The summed E-state index contributed by atoms with van der Waals surface area (Å²) in [6.45, 7) is -1.93. The molecule has 2 amide bonds. The van der Waals surface area contributed by atoms with E-state index in [0.29, 0.717) is 0 Å². The number of hydrogen-bond acceptors (Lipinski definition) is 8. The van der Waals surface area contributed by atoms with Crippen LogP contribution in [-0.4, -0.2) is 56.4 Å². The van der Waals surface area contributed by atoms with Crippen LogP contribution in [0.25, 0.3) is 0 Å². The van der Waals surface area contributed by atoms with Crippen molar-refractivity contribution < 1.29 is 45.8 Å².